The molecular formula is C18H17N5O3S. The zero-order valence-corrected chi connectivity index (χ0v) is 15.5. The van der Waals surface area contributed by atoms with Crippen LogP contribution in [0.5, 0.6) is 0 Å². The predicted molar refractivity (Wildman–Crippen MR) is 101 cm³/mol. The summed E-state index contributed by atoms with van der Waals surface area (Å²) in [6.07, 6.45) is 3.57. The summed E-state index contributed by atoms with van der Waals surface area (Å²) in [6, 6.07) is 6.38. The van der Waals surface area contributed by atoms with Crippen LogP contribution in [0.4, 0.5) is 5.82 Å². The number of fused-ring (bicyclic) bond motifs is 1. The molecule has 0 saturated carbocycles. The Balaban J connectivity index is 1.80. The first-order valence-corrected chi connectivity index (χ1v) is 9.32. The summed E-state index contributed by atoms with van der Waals surface area (Å²) in [7, 11) is 1.89. The molecule has 9 heteroatoms. The van der Waals surface area contributed by atoms with Crippen molar-refractivity contribution in [1.82, 2.24) is 19.6 Å². The minimum atomic E-state index is -0.988. The summed E-state index contributed by atoms with van der Waals surface area (Å²) in [5, 5.41) is 20.7. The number of hydrogen-bond acceptors (Lipinski definition) is 5. The number of anilines is 1. The van der Waals surface area contributed by atoms with Gasteiger partial charge in [-0.1, -0.05) is 0 Å². The largest absolute Gasteiger partial charge is 0.478 e. The van der Waals surface area contributed by atoms with Crippen LogP contribution in [0.2, 0.25) is 0 Å². The number of aromatic nitrogens is 4. The molecule has 0 unspecified atom stereocenters. The maximum atomic E-state index is 12.3. The van der Waals surface area contributed by atoms with Gasteiger partial charge in [-0.05, 0) is 31.2 Å². The van der Waals surface area contributed by atoms with E-state index in [9.17, 15) is 9.59 Å². The number of nitrogens with one attached hydrogen (secondary N) is 1. The number of carboxylic acid groups (broad SMARTS) is 1. The molecule has 0 radical (unpaired) electrons. The van der Waals surface area contributed by atoms with Gasteiger partial charge in [0.2, 0.25) is 5.91 Å². The number of aromatic carboxylic acids is 1. The molecule has 1 aliphatic rings. The Bertz CT molecular complexity index is 1040. The fourth-order valence-corrected chi connectivity index (χ4v) is 4.22. The van der Waals surface area contributed by atoms with E-state index < -0.39 is 5.97 Å². The quantitative estimate of drug-likeness (QED) is 0.720. The Morgan fingerprint density at radius 1 is 1.22 bits per heavy atom. The number of amides is 1. The number of benzene rings is 1. The smallest absolute Gasteiger partial charge is 0.335 e. The SMILES string of the molecule is Cc1c([C@@H]2SCC(=O)Nc3c2cnn3-c2ccc(C(=O)O)cc2)cnn1C. The molecule has 0 bridgehead atoms. The molecule has 3 heterocycles. The molecule has 1 atom stereocenters. The summed E-state index contributed by atoms with van der Waals surface area (Å²) >= 11 is 1.53. The van der Waals surface area contributed by atoms with Crippen LogP contribution in [-0.4, -0.2) is 42.3 Å². The van der Waals surface area contributed by atoms with E-state index in [0.717, 1.165) is 16.8 Å². The molecule has 1 aliphatic heterocycles. The van der Waals surface area contributed by atoms with Crippen LogP contribution < -0.4 is 5.32 Å². The van der Waals surface area contributed by atoms with E-state index in [0.29, 0.717) is 17.3 Å². The second-order valence-corrected chi connectivity index (χ2v) is 7.35. The molecule has 3 aromatic rings. The van der Waals surface area contributed by atoms with Crippen LogP contribution in [0.1, 0.15) is 32.4 Å². The maximum absolute atomic E-state index is 12.3. The van der Waals surface area contributed by atoms with Crippen molar-refractivity contribution in [1.29, 1.82) is 0 Å². The molecule has 138 valence electrons. The maximum Gasteiger partial charge on any atom is 0.335 e. The number of aryl methyl sites for hydroxylation is 1. The molecule has 2 N–H and O–H groups in total. The lowest BCUT2D eigenvalue weighted by molar-refractivity contribution is -0.113. The summed E-state index contributed by atoms with van der Waals surface area (Å²) < 4.78 is 3.44. The van der Waals surface area contributed by atoms with Crippen LogP contribution in [0.3, 0.4) is 0 Å². The molecule has 4 rings (SSSR count). The molecule has 0 spiro atoms. The highest BCUT2D eigenvalue weighted by Gasteiger charge is 2.30. The number of carboxylic acids is 1. The molecule has 27 heavy (non-hydrogen) atoms. The fourth-order valence-electron chi connectivity index (χ4n) is 3.07. The van der Waals surface area contributed by atoms with Crippen molar-refractivity contribution in [2.45, 2.75) is 12.2 Å². The highest BCUT2D eigenvalue weighted by Crippen LogP contribution is 2.42. The van der Waals surface area contributed by atoms with Gasteiger partial charge in [-0.15, -0.1) is 11.8 Å². The van der Waals surface area contributed by atoms with E-state index >= 15 is 0 Å². The third-order valence-electron chi connectivity index (χ3n) is 4.63. The first-order valence-electron chi connectivity index (χ1n) is 8.27. The lowest BCUT2D eigenvalue weighted by atomic mass is 10.1. The van der Waals surface area contributed by atoms with E-state index in [4.69, 9.17) is 5.11 Å². The number of carbonyl (C=O) groups is 2. The van der Waals surface area contributed by atoms with Gasteiger partial charge in [0.25, 0.3) is 0 Å². The van der Waals surface area contributed by atoms with Gasteiger partial charge in [-0.2, -0.15) is 10.2 Å². The number of rotatable bonds is 3. The van der Waals surface area contributed by atoms with Gasteiger partial charge < -0.3 is 10.4 Å². The van der Waals surface area contributed by atoms with E-state index in [1.54, 1.807) is 23.0 Å². The Morgan fingerprint density at radius 3 is 2.56 bits per heavy atom. The van der Waals surface area contributed by atoms with E-state index in [1.165, 1.54) is 23.9 Å². The number of thioether (sulfide) groups is 1. The zero-order valence-electron chi connectivity index (χ0n) is 14.7. The van der Waals surface area contributed by atoms with Gasteiger partial charge in [-0.3, -0.25) is 9.48 Å². The molecule has 1 amide bonds. The third-order valence-corrected chi connectivity index (χ3v) is 5.90. The highest BCUT2D eigenvalue weighted by molar-refractivity contribution is 8.00. The Kier molecular flexibility index (Phi) is 4.23. The van der Waals surface area contributed by atoms with Crippen LogP contribution in [0.15, 0.2) is 36.7 Å². The van der Waals surface area contributed by atoms with Crippen molar-refractivity contribution in [2.24, 2.45) is 7.05 Å². The van der Waals surface area contributed by atoms with Gasteiger partial charge in [0.15, 0.2) is 0 Å². The van der Waals surface area contributed by atoms with E-state index in [2.05, 4.69) is 15.5 Å². The molecule has 0 aliphatic carbocycles. The van der Waals surface area contributed by atoms with Crippen molar-refractivity contribution in [3.05, 3.63) is 59.0 Å². The van der Waals surface area contributed by atoms with Gasteiger partial charge in [-0.25, -0.2) is 9.48 Å². The van der Waals surface area contributed by atoms with Crippen molar-refractivity contribution in [3.63, 3.8) is 0 Å². The molecule has 1 aromatic carbocycles. The van der Waals surface area contributed by atoms with E-state index in [1.807, 2.05) is 24.9 Å². The van der Waals surface area contributed by atoms with Crippen molar-refractivity contribution >= 4 is 29.5 Å². The normalized spacial score (nSPS) is 16.5. The number of hydrogen-bond donors (Lipinski definition) is 2. The second-order valence-electron chi connectivity index (χ2n) is 6.26. The lowest BCUT2D eigenvalue weighted by Gasteiger charge is -2.13. The first kappa shape index (κ1) is 17.3. The van der Waals surface area contributed by atoms with Crippen LogP contribution >= 0.6 is 11.8 Å². The van der Waals surface area contributed by atoms with Crippen molar-refractivity contribution in [3.8, 4) is 5.69 Å². The zero-order chi connectivity index (χ0) is 19.1. The monoisotopic (exact) mass is 383 g/mol. The van der Waals surface area contributed by atoms with Gasteiger partial charge in [0, 0.05) is 23.9 Å². The minimum absolute atomic E-state index is 0.0697. The first-order chi connectivity index (χ1) is 13.0. The Hall–Kier alpha value is -3.07. The van der Waals surface area contributed by atoms with Crippen LogP contribution in [0.25, 0.3) is 5.69 Å². The third kappa shape index (κ3) is 2.99. The summed E-state index contributed by atoms with van der Waals surface area (Å²) in [5.74, 6) is -0.167. The molecule has 2 aromatic heterocycles. The summed E-state index contributed by atoms with van der Waals surface area (Å²) in [6.45, 7) is 2.00. The van der Waals surface area contributed by atoms with Gasteiger partial charge >= 0.3 is 5.97 Å². The molecule has 0 fully saturated rings. The lowest BCUT2D eigenvalue weighted by Crippen LogP contribution is -2.15. The van der Waals surface area contributed by atoms with Crippen LogP contribution in [0, 0.1) is 6.92 Å². The fraction of sp³-hybridized carbons (Fsp3) is 0.222. The van der Waals surface area contributed by atoms with Crippen molar-refractivity contribution < 1.29 is 14.7 Å². The standard InChI is InChI=1S/C18H17N5O3S/c1-10-13(7-19-22(10)2)16-14-8-20-23(17(14)21-15(24)9-27-16)12-5-3-11(4-6-12)18(25)26/h3-8,16H,9H2,1-2H3,(H,21,24)(H,25,26)/t16-/m0/s1. The average molecular weight is 383 g/mol. The summed E-state index contributed by atoms with van der Waals surface area (Å²) in [4.78, 5) is 23.3. The van der Waals surface area contributed by atoms with Gasteiger partial charge in [0.05, 0.1) is 34.6 Å². The molecule has 0 saturated heterocycles. The average Bonchev–Trinajstić information content (AvgIpc) is 3.16. The molecular weight excluding hydrogens is 366 g/mol. The Morgan fingerprint density at radius 2 is 1.93 bits per heavy atom. The number of carbonyl (C=O) groups excluding carboxylic acids is 1. The predicted octanol–water partition coefficient (Wildman–Crippen LogP) is 2.39. The Labute approximate surface area is 159 Å². The van der Waals surface area contributed by atoms with Crippen LogP contribution in [-0.2, 0) is 11.8 Å². The molecule has 8 nitrogen and oxygen atoms in total. The summed E-state index contributed by atoms with van der Waals surface area (Å²) in [5.41, 5.74) is 3.84. The van der Waals surface area contributed by atoms with Gasteiger partial charge in [0.1, 0.15) is 5.82 Å². The number of nitrogens with zero attached hydrogens (tertiary/aromatic N) is 4. The topological polar surface area (TPSA) is 102 Å². The van der Waals surface area contributed by atoms with Crippen molar-refractivity contribution in [2.75, 3.05) is 11.1 Å². The highest BCUT2D eigenvalue weighted by atomic mass is 32.2. The second kappa shape index (κ2) is 6.58. The van der Waals surface area contributed by atoms with E-state index in [-0.39, 0.29) is 16.7 Å². The minimum Gasteiger partial charge on any atom is -0.478 e.